The zero-order valence-corrected chi connectivity index (χ0v) is 16.1. The number of aromatic nitrogens is 1. The molecule has 0 saturated carbocycles. The highest BCUT2D eigenvalue weighted by molar-refractivity contribution is 8.01. The van der Waals surface area contributed by atoms with Gasteiger partial charge in [-0.2, -0.15) is 0 Å². The fourth-order valence-corrected chi connectivity index (χ4v) is 4.97. The first-order chi connectivity index (χ1) is 13.0. The first-order valence-electron chi connectivity index (χ1n) is 8.63. The number of carbonyl (C=O) groups is 3. The number of primary amides is 1. The highest BCUT2D eigenvalue weighted by Crippen LogP contribution is 2.33. The van der Waals surface area contributed by atoms with Crippen LogP contribution in [0.5, 0.6) is 0 Å². The molecule has 2 saturated heterocycles. The third kappa shape index (κ3) is 3.92. The molecule has 4 N–H and O–H groups in total. The zero-order valence-electron chi connectivity index (χ0n) is 14.4. The van der Waals surface area contributed by atoms with Gasteiger partial charge in [0.25, 0.3) is 0 Å². The summed E-state index contributed by atoms with van der Waals surface area (Å²) < 4.78 is 1.75. The van der Waals surface area contributed by atoms with Crippen molar-refractivity contribution in [2.45, 2.75) is 16.8 Å². The maximum Gasteiger partial charge on any atom is 0.230 e. The lowest BCUT2D eigenvalue weighted by Gasteiger charge is -2.27. The van der Waals surface area contributed by atoms with Crippen molar-refractivity contribution in [3.63, 3.8) is 0 Å². The SMILES string of the molecule is NC(=O)C1CC(=O)N(c2ccc3nc(SCC(=O)NC4CNC4)sc3c2)C1. The molecule has 0 aliphatic carbocycles. The van der Waals surface area contributed by atoms with Crippen LogP contribution < -0.4 is 21.3 Å². The molecular formula is C17H19N5O3S2. The smallest absolute Gasteiger partial charge is 0.230 e. The van der Waals surface area contributed by atoms with Gasteiger partial charge in [-0.25, -0.2) is 4.98 Å². The molecule has 142 valence electrons. The molecule has 27 heavy (non-hydrogen) atoms. The van der Waals surface area contributed by atoms with Gasteiger partial charge in [0, 0.05) is 31.7 Å². The molecular weight excluding hydrogens is 386 g/mol. The molecule has 1 aromatic carbocycles. The number of nitrogens with one attached hydrogen (secondary N) is 2. The van der Waals surface area contributed by atoms with Crippen LogP contribution in [0.1, 0.15) is 6.42 Å². The maximum atomic E-state index is 12.2. The Labute approximate surface area is 163 Å². The van der Waals surface area contributed by atoms with Crippen LogP contribution in [0.15, 0.2) is 22.5 Å². The molecule has 10 heteroatoms. The van der Waals surface area contributed by atoms with E-state index in [0.717, 1.165) is 33.3 Å². The van der Waals surface area contributed by atoms with Crippen molar-refractivity contribution >= 4 is 56.7 Å². The topological polar surface area (TPSA) is 117 Å². The molecule has 2 aliphatic rings. The Morgan fingerprint density at radius 3 is 2.89 bits per heavy atom. The van der Waals surface area contributed by atoms with E-state index in [0.29, 0.717) is 12.3 Å². The minimum Gasteiger partial charge on any atom is -0.369 e. The van der Waals surface area contributed by atoms with Crippen molar-refractivity contribution in [3.8, 4) is 0 Å². The molecule has 2 fully saturated rings. The van der Waals surface area contributed by atoms with Crippen LogP contribution in [-0.4, -0.2) is 54.1 Å². The van der Waals surface area contributed by atoms with Crippen LogP contribution in [0.3, 0.4) is 0 Å². The van der Waals surface area contributed by atoms with Gasteiger partial charge in [-0.15, -0.1) is 11.3 Å². The number of hydrogen-bond donors (Lipinski definition) is 3. The van der Waals surface area contributed by atoms with Crippen molar-refractivity contribution in [1.82, 2.24) is 15.6 Å². The summed E-state index contributed by atoms with van der Waals surface area (Å²) in [6, 6.07) is 5.82. The average Bonchev–Trinajstić information content (AvgIpc) is 3.18. The van der Waals surface area contributed by atoms with E-state index in [2.05, 4.69) is 15.6 Å². The largest absolute Gasteiger partial charge is 0.369 e. The van der Waals surface area contributed by atoms with Crippen molar-refractivity contribution in [1.29, 1.82) is 0 Å². The first-order valence-corrected chi connectivity index (χ1v) is 10.4. The lowest BCUT2D eigenvalue weighted by atomic mass is 10.1. The Morgan fingerprint density at radius 1 is 1.41 bits per heavy atom. The molecule has 2 aromatic rings. The highest BCUT2D eigenvalue weighted by Gasteiger charge is 2.34. The Balaban J connectivity index is 1.43. The second-order valence-electron chi connectivity index (χ2n) is 6.65. The van der Waals surface area contributed by atoms with Gasteiger partial charge in [0.05, 0.1) is 27.9 Å². The van der Waals surface area contributed by atoms with Gasteiger partial charge in [0.15, 0.2) is 4.34 Å². The zero-order chi connectivity index (χ0) is 19.0. The molecule has 0 spiro atoms. The fraction of sp³-hybridized carbons (Fsp3) is 0.412. The number of benzene rings is 1. The fourth-order valence-electron chi connectivity index (χ4n) is 3.06. The second kappa shape index (κ2) is 7.45. The van der Waals surface area contributed by atoms with Crippen LogP contribution in [0.4, 0.5) is 5.69 Å². The Hall–Kier alpha value is -2.17. The number of nitrogens with zero attached hydrogens (tertiary/aromatic N) is 2. The predicted molar refractivity (Wildman–Crippen MR) is 105 cm³/mol. The van der Waals surface area contributed by atoms with Crippen molar-refractivity contribution in [3.05, 3.63) is 18.2 Å². The van der Waals surface area contributed by atoms with Crippen LogP contribution in [0.2, 0.25) is 0 Å². The molecule has 0 bridgehead atoms. The maximum absolute atomic E-state index is 12.2. The minimum atomic E-state index is -0.445. The van der Waals surface area contributed by atoms with Gasteiger partial charge in [-0.3, -0.25) is 14.4 Å². The number of rotatable bonds is 6. The molecule has 2 aliphatic heterocycles. The summed E-state index contributed by atoms with van der Waals surface area (Å²) in [4.78, 5) is 41.6. The van der Waals surface area contributed by atoms with E-state index in [1.807, 2.05) is 18.2 Å². The Kier molecular flexibility index (Phi) is 5.02. The average molecular weight is 406 g/mol. The van der Waals surface area contributed by atoms with E-state index < -0.39 is 11.8 Å². The van der Waals surface area contributed by atoms with Crippen LogP contribution in [0.25, 0.3) is 10.2 Å². The van der Waals surface area contributed by atoms with E-state index in [4.69, 9.17) is 5.73 Å². The van der Waals surface area contributed by atoms with Gasteiger partial charge in [-0.05, 0) is 18.2 Å². The number of hydrogen-bond acceptors (Lipinski definition) is 7. The van der Waals surface area contributed by atoms with E-state index >= 15 is 0 Å². The predicted octanol–water partition coefficient (Wildman–Crippen LogP) is 0.315. The van der Waals surface area contributed by atoms with Gasteiger partial charge in [0.1, 0.15) is 0 Å². The van der Waals surface area contributed by atoms with E-state index in [9.17, 15) is 14.4 Å². The Morgan fingerprint density at radius 2 is 2.22 bits per heavy atom. The Bertz CT molecular complexity index is 911. The van der Waals surface area contributed by atoms with Crippen molar-refractivity contribution in [2.75, 3.05) is 30.3 Å². The summed E-state index contributed by atoms with van der Waals surface area (Å²) in [7, 11) is 0. The number of thiazole rings is 1. The molecule has 1 aromatic heterocycles. The highest BCUT2D eigenvalue weighted by atomic mass is 32.2. The summed E-state index contributed by atoms with van der Waals surface area (Å²) in [5.41, 5.74) is 6.90. The van der Waals surface area contributed by atoms with Crippen LogP contribution >= 0.6 is 23.1 Å². The first kappa shape index (κ1) is 18.2. The standard InChI is InChI=1S/C17H19N5O3S2/c18-16(25)9-3-15(24)22(7-9)11-1-2-12-13(4-11)27-17(21-12)26-8-14(23)20-10-5-19-6-10/h1-2,4,9-10,19H,3,5-8H2,(H2,18,25)(H,20,23). The monoisotopic (exact) mass is 405 g/mol. The number of nitrogens with two attached hydrogens (primary N) is 1. The molecule has 1 unspecified atom stereocenters. The summed E-state index contributed by atoms with van der Waals surface area (Å²) in [5.74, 6) is -0.649. The van der Waals surface area contributed by atoms with Gasteiger partial charge >= 0.3 is 0 Å². The molecule has 3 amide bonds. The molecule has 1 atom stereocenters. The van der Waals surface area contributed by atoms with Gasteiger partial charge in [0.2, 0.25) is 17.7 Å². The lowest BCUT2D eigenvalue weighted by molar-refractivity contribution is -0.123. The minimum absolute atomic E-state index is 0.00611. The van der Waals surface area contributed by atoms with Crippen LogP contribution in [0, 0.1) is 5.92 Å². The third-order valence-electron chi connectivity index (χ3n) is 4.66. The van der Waals surface area contributed by atoms with E-state index in [-0.39, 0.29) is 24.3 Å². The third-order valence-corrected chi connectivity index (χ3v) is 6.83. The van der Waals surface area contributed by atoms with Gasteiger partial charge < -0.3 is 21.3 Å². The number of anilines is 1. The molecule has 8 nitrogen and oxygen atoms in total. The second-order valence-corrected chi connectivity index (χ2v) is 8.90. The summed E-state index contributed by atoms with van der Waals surface area (Å²) in [6.45, 7) is 1.97. The van der Waals surface area contributed by atoms with E-state index in [1.54, 1.807) is 4.90 Å². The summed E-state index contributed by atoms with van der Waals surface area (Å²) in [6.07, 6.45) is 0.156. The normalized spacial score (nSPS) is 20.1. The number of amides is 3. The summed E-state index contributed by atoms with van der Waals surface area (Å²) in [5, 5.41) is 6.07. The number of carbonyl (C=O) groups excluding carboxylic acids is 3. The summed E-state index contributed by atoms with van der Waals surface area (Å²) >= 11 is 2.90. The van der Waals surface area contributed by atoms with Crippen molar-refractivity contribution < 1.29 is 14.4 Å². The van der Waals surface area contributed by atoms with E-state index in [1.165, 1.54) is 23.1 Å². The van der Waals surface area contributed by atoms with Gasteiger partial charge in [-0.1, -0.05) is 11.8 Å². The molecule has 4 rings (SSSR count). The van der Waals surface area contributed by atoms with Crippen LogP contribution in [-0.2, 0) is 14.4 Å². The lowest BCUT2D eigenvalue weighted by Crippen LogP contribution is -2.57. The number of fused-ring (bicyclic) bond motifs is 1. The quantitative estimate of drug-likeness (QED) is 0.596. The van der Waals surface area contributed by atoms with Crippen molar-refractivity contribution in [2.24, 2.45) is 11.7 Å². The molecule has 0 radical (unpaired) electrons. The molecule has 3 heterocycles. The number of thioether (sulfide) groups is 1.